The smallest absolute Gasteiger partial charge is 0.351 e. The van der Waals surface area contributed by atoms with E-state index < -0.39 is 5.97 Å². The van der Waals surface area contributed by atoms with Crippen molar-refractivity contribution in [2.24, 2.45) is 0 Å². The van der Waals surface area contributed by atoms with Crippen LogP contribution in [0, 0.1) is 0 Å². The molecule has 0 unspecified atom stereocenters. The Morgan fingerprint density at radius 1 is 1.54 bits per heavy atom. The predicted molar refractivity (Wildman–Crippen MR) is 52.3 cm³/mol. The summed E-state index contributed by atoms with van der Waals surface area (Å²) in [5, 5.41) is 9.65. The fraction of sp³-hybridized carbons (Fsp3) is 0.375. The predicted octanol–water partition coefficient (Wildman–Crippen LogP) is 1.99. The van der Waals surface area contributed by atoms with Crippen molar-refractivity contribution in [1.29, 1.82) is 0 Å². The molecule has 0 atom stereocenters. The SMILES string of the molecule is COC(=O)c1sc2c(c1O)CSC2. The molecule has 0 saturated heterocycles. The third-order valence-electron chi connectivity index (χ3n) is 1.91. The van der Waals surface area contributed by atoms with Gasteiger partial charge in [0.15, 0.2) is 4.88 Å². The molecule has 0 amide bonds. The summed E-state index contributed by atoms with van der Waals surface area (Å²) in [7, 11) is 1.32. The number of thiophene rings is 1. The average Bonchev–Trinajstić information content (AvgIpc) is 2.68. The van der Waals surface area contributed by atoms with Crippen molar-refractivity contribution >= 4 is 29.1 Å². The molecule has 0 aliphatic carbocycles. The van der Waals surface area contributed by atoms with Crippen LogP contribution in [0.5, 0.6) is 5.75 Å². The number of ether oxygens (including phenoxy) is 1. The van der Waals surface area contributed by atoms with Gasteiger partial charge in [0.1, 0.15) is 5.75 Å². The second-order valence-electron chi connectivity index (χ2n) is 2.67. The molecule has 1 aliphatic heterocycles. The third-order valence-corrected chi connectivity index (χ3v) is 4.28. The number of rotatable bonds is 1. The average molecular weight is 216 g/mol. The molecule has 1 aliphatic rings. The van der Waals surface area contributed by atoms with Crippen LogP contribution in [0.4, 0.5) is 0 Å². The van der Waals surface area contributed by atoms with Crippen LogP contribution in [-0.2, 0) is 16.2 Å². The molecule has 1 N–H and O–H groups in total. The van der Waals surface area contributed by atoms with Gasteiger partial charge in [-0.25, -0.2) is 4.79 Å². The summed E-state index contributed by atoms with van der Waals surface area (Å²) in [6.45, 7) is 0. The van der Waals surface area contributed by atoms with Crippen molar-refractivity contribution in [2.75, 3.05) is 7.11 Å². The first-order valence-corrected chi connectivity index (χ1v) is 5.70. The van der Waals surface area contributed by atoms with E-state index in [2.05, 4.69) is 4.74 Å². The first kappa shape index (κ1) is 8.90. The molecule has 13 heavy (non-hydrogen) atoms. The van der Waals surface area contributed by atoms with Gasteiger partial charge in [-0.1, -0.05) is 0 Å². The van der Waals surface area contributed by atoms with E-state index in [1.807, 2.05) is 0 Å². The molecule has 1 aromatic heterocycles. The van der Waals surface area contributed by atoms with Gasteiger partial charge < -0.3 is 9.84 Å². The van der Waals surface area contributed by atoms with Crippen LogP contribution < -0.4 is 0 Å². The highest BCUT2D eigenvalue weighted by Crippen LogP contribution is 2.43. The zero-order valence-corrected chi connectivity index (χ0v) is 8.63. The van der Waals surface area contributed by atoms with Crippen molar-refractivity contribution in [2.45, 2.75) is 11.5 Å². The molecule has 0 radical (unpaired) electrons. The van der Waals surface area contributed by atoms with Crippen molar-refractivity contribution < 1.29 is 14.6 Å². The fourth-order valence-corrected chi connectivity index (χ4v) is 3.72. The van der Waals surface area contributed by atoms with Gasteiger partial charge in [0.25, 0.3) is 0 Å². The number of methoxy groups -OCH3 is 1. The Morgan fingerprint density at radius 3 is 2.92 bits per heavy atom. The quantitative estimate of drug-likeness (QED) is 0.729. The number of fused-ring (bicyclic) bond motifs is 1. The molecule has 70 valence electrons. The number of aromatic hydroxyl groups is 1. The van der Waals surface area contributed by atoms with Gasteiger partial charge in [0, 0.05) is 21.9 Å². The van der Waals surface area contributed by atoms with Crippen LogP contribution in [0.25, 0.3) is 0 Å². The monoisotopic (exact) mass is 216 g/mol. The second-order valence-corrected chi connectivity index (χ2v) is 4.76. The first-order valence-electron chi connectivity index (χ1n) is 3.73. The zero-order chi connectivity index (χ0) is 9.42. The minimum atomic E-state index is -0.443. The lowest BCUT2D eigenvalue weighted by Crippen LogP contribution is -1.98. The van der Waals surface area contributed by atoms with E-state index in [4.69, 9.17) is 0 Å². The Balaban J connectivity index is 2.44. The Kier molecular flexibility index (Phi) is 2.21. The Hall–Kier alpha value is -0.680. The standard InChI is InChI=1S/C8H8O3S2/c1-11-8(10)7-6(9)4-2-12-3-5(4)13-7/h9H,2-3H2,1H3. The second kappa shape index (κ2) is 3.23. The van der Waals surface area contributed by atoms with E-state index in [-0.39, 0.29) is 5.75 Å². The Labute approximate surface area is 83.7 Å². The molecule has 0 bridgehead atoms. The molecule has 5 heteroatoms. The number of carbonyl (C=O) groups is 1. The van der Waals surface area contributed by atoms with Crippen LogP contribution in [0.2, 0.25) is 0 Å². The lowest BCUT2D eigenvalue weighted by molar-refractivity contribution is 0.0603. The van der Waals surface area contributed by atoms with Crippen LogP contribution in [0.1, 0.15) is 20.1 Å². The number of esters is 1. The maximum Gasteiger partial charge on any atom is 0.351 e. The van der Waals surface area contributed by atoms with Gasteiger partial charge in [-0.05, 0) is 0 Å². The Morgan fingerprint density at radius 2 is 2.31 bits per heavy atom. The summed E-state index contributed by atoms with van der Waals surface area (Å²) in [5.41, 5.74) is 0.912. The molecule has 3 nitrogen and oxygen atoms in total. The highest BCUT2D eigenvalue weighted by atomic mass is 32.2. The number of hydrogen-bond acceptors (Lipinski definition) is 5. The summed E-state index contributed by atoms with van der Waals surface area (Å²) < 4.78 is 4.56. The largest absolute Gasteiger partial charge is 0.506 e. The first-order chi connectivity index (χ1) is 6.24. The van der Waals surface area contributed by atoms with E-state index in [0.29, 0.717) is 4.88 Å². The highest BCUT2D eigenvalue weighted by molar-refractivity contribution is 7.98. The topological polar surface area (TPSA) is 46.5 Å². The number of thioether (sulfide) groups is 1. The van der Waals surface area contributed by atoms with E-state index >= 15 is 0 Å². The van der Waals surface area contributed by atoms with E-state index in [1.54, 1.807) is 11.8 Å². The van der Waals surface area contributed by atoms with Crippen molar-refractivity contribution in [3.63, 3.8) is 0 Å². The summed E-state index contributed by atoms with van der Waals surface area (Å²) in [6.07, 6.45) is 0. The van der Waals surface area contributed by atoms with Gasteiger partial charge in [-0.3, -0.25) is 0 Å². The normalized spacial score (nSPS) is 14.2. The lowest BCUT2D eigenvalue weighted by Gasteiger charge is -1.96. The van der Waals surface area contributed by atoms with E-state index in [0.717, 1.165) is 21.9 Å². The van der Waals surface area contributed by atoms with E-state index in [9.17, 15) is 9.90 Å². The molecular weight excluding hydrogens is 208 g/mol. The number of carbonyl (C=O) groups excluding carboxylic acids is 1. The molecule has 2 rings (SSSR count). The molecular formula is C8H8O3S2. The summed E-state index contributed by atoms with van der Waals surface area (Å²) in [6, 6.07) is 0. The van der Waals surface area contributed by atoms with Crippen LogP contribution in [0.15, 0.2) is 0 Å². The summed E-state index contributed by atoms with van der Waals surface area (Å²) in [5.74, 6) is 1.37. The fourth-order valence-electron chi connectivity index (χ4n) is 1.24. The minimum absolute atomic E-state index is 0.122. The van der Waals surface area contributed by atoms with Gasteiger partial charge in [-0.15, -0.1) is 11.3 Å². The van der Waals surface area contributed by atoms with Crippen molar-refractivity contribution in [1.82, 2.24) is 0 Å². The summed E-state index contributed by atoms with van der Waals surface area (Å²) in [4.78, 5) is 12.6. The third kappa shape index (κ3) is 1.32. The van der Waals surface area contributed by atoms with Gasteiger partial charge in [0.05, 0.1) is 7.11 Å². The van der Waals surface area contributed by atoms with Crippen molar-refractivity contribution in [3.05, 3.63) is 15.3 Å². The maximum atomic E-state index is 11.2. The zero-order valence-electron chi connectivity index (χ0n) is 6.99. The maximum absolute atomic E-state index is 11.2. The highest BCUT2D eigenvalue weighted by Gasteiger charge is 2.25. The van der Waals surface area contributed by atoms with Crippen LogP contribution >= 0.6 is 23.1 Å². The number of hydrogen-bond donors (Lipinski definition) is 1. The molecule has 0 spiro atoms. The molecule has 0 saturated carbocycles. The molecule has 2 heterocycles. The molecule has 0 fully saturated rings. The minimum Gasteiger partial charge on any atom is -0.506 e. The lowest BCUT2D eigenvalue weighted by atomic mass is 10.2. The van der Waals surface area contributed by atoms with Crippen molar-refractivity contribution in [3.8, 4) is 5.75 Å². The summed E-state index contributed by atoms with van der Waals surface area (Å²) >= 11 is 3.09. The van der Waals surface area contributed by atoms with Gasteiger partial charge >= 0.3 is 5.97 Å². The van der Waals surface area contributed by atoms with Crippen LogP contribution in [0.3, 0.4) is 0 Å². The van der Waals surface area contributed by atoms with Gasteiger partial charge in [0.2, 0.25) is 0 Å². The van der Waals surface area contributed by atoms with Crippen LogP contribution in [-0.4, -0.2) is 18.2 Å². The molecule has 0 aromatic carbocycles. The Bertz CT molecular complexity index is 357. The van der Waals surface area contributed by atoms with E-state index in [1.165, 1.54) is 18.4 Å². The molecule has 1 aromatic rings. The van der Waals surface area contributed by atoms with Gasteiger partial charge in [-0.2, -0.15) is 11.8 Å².